The van der Waals surface area contributed by atoms with Gasteiger partial charge < -0.3 is 19.9 Å². The molecule has 0 spiro atoms. The molecule has 2 aliphatic heterocycles. The van der Waals surface area contributed by atoms with Crippen LogP contribution >= 0.6 is 0 Å². The van der Waals surface area contributed by atoms with Gasteiger partial charge in [-0.2, -0.15) is 0 Å². The van der Waals surface area contributed by atoms with Crippen molar-refractivity contribution in [2.75, 3.05) is 32.8 Å². The highest BCUT2D eigenvalue weighted by Gasteiger charge is 2.36. The van der Waals surface area contributed by atoms with Gasteiger partial charge in [0.2, 0.25) is 17.7 Å². The van der Waals surface area contributed by atoms with Crippen LogP contribution in [-0.4, -0.2) is 66.3 Å². The lowest BCUT2D eigenvalue weighted by molar-refractivity contribution is -0.136. The molecule has 3 fully saturated rings. The quantitative estimate of drug-likeness (QED) is 0.724. The lowest BCUT2D eigenvalue weighted by atomic mass is 9.95. The van der Waals surface area contributed by atoms with E-state index in [1.807, 2.05) is 35.2 Å². The molecule has 1 atom stereocenters. The van der Waals surface area contributed by atoms with Crippen LogP contribution in [0, 0.1) is 11.8 Å². The van der Waals surface area contributed by atoms with Crippen molar-refractivity contribution in [3.8, 4) is 5.75 Å². The summed E-state index contributed by atoms with van der Waals surface area (Å²) in [6, 6.07) is 9.60. The Morgan fingerprint density at radius 1 is 0.903 bits per heavy atom. The number of hydrogen-bond donors (Lipinski definition) is 1. The van der Waals surface area contributed by atoms with E-state index in [-0.39, 0.29) is 29.7 Å². The highest BCUT2D eigenvalue weighted by molar-refractivity contribution is 5.82. The lowest BCUT2D eigenvalue weighted by Crippen LogP contribution is -2.51. The van der Waals surface area contributed by atoms with E-state index in [4.69, 9.17) is 4.74 Å². The molecule has 2 saturated heterocycles. The van der Waals surface area contributed by atoms with E-state index in [2.05, 4.69) is 5.32 Å². The summed E-state index contributed by atoms with van der Waals surface area (Å²) in [6.45, 7) is 2.99. The van der Waals surface area contributed by atoms with Gasteiger partial charge in [-0.1, -0.05) is 18.2 Å². The van der Waals surface area contributed by atoms with Crippen molar-refractivity contribution >= 4 is 17.7 Å². The van der Waals surface area contributed by atoms with Crippen LogP contribution < -0.4 is 10.1 Å². The van der Waals surface area contributed by atoms with Crippen molar-refractivity contribution in [2.24, 2.45) is 11.8 Å². The maximum absolute atomic E-state index is 12.8. The van der Waals surface area contributed by atoms with E-state index in [0.717, 1.165) is 57.4 Å². The van der Waals surface area contributed by atoms with Crippen LogP contribution in [0.15, 0.2) is 30.3 Å². The molecule has 1 aliphatic carbocycles. The molecule has 1 N–H and O–H groups in total. The summed E-state index contributed by atoms with van der Waals surface area (Å²) >= 11 is 0. The minimum absolute atomic E-state index is 0.0420. The molecule has 31 heavy (non-hydrogen) atoms. The molecular weight excluding hydrogens is 394 g/mol. The van der Waals surface area contributed by atoms with Gasteiger partial charge in [-0.05, 0) is 50.7 Å². The highest BCUT2D eigenvalue weighted by atomic mass is 16.5. The van der Waals surface area contributed by atoms with Crippen molar-refractivity contribution in [1.29, 1.82) is 0 Å². The van der Waals surface area contributed by atoms with Gasteiger partial charge in [0.15, 0.2) is 0 Å². The Morgan fingerprint density at radius 2 is 1.65 bits per heavy atom. The highest BCUT2D eigenvalue weighted by Crippen LogP contribution is 2.32. The minimum Gasteiger partial charge on any atom is -0.493 e. The van der Waals surface area contributed by atoms with Gasteiger partial charge in [0.05, 0.1) is 18.9 Å². The molecule has 7 heteroatoms. The smallest absolute Gasteiger partial charge is 0.226 e. The average molecular weight is 428 g/mol. The first-order valence-electron chi connectivity index (χ1n) is 11.6. The fourth-order valence-corrected chi connectivity index (χ4v) is 4.50. The van der Waals surface area contributed by atoms with Gasteiger partial charge in [-0.25, -0.2) is 0 Å². The second-order valence-corrected chi connectivity index (χ2v) is 8.97. The summed E-state index contributed by atoms with van der Waals surface area (Å²) in [5, 5.41) is 3.18. The van der Waals surface area contributed by atoms with Gasteiger partial charge in [0, 0.05) is 38.1 Å². The first-order valence-corrected chi connectivity index (χ1v) is 11.6. The number of nitrogens with zero attached hydrogens (tertiary/aromatic N) is 2. The van der Waals surface area contributed by atoms with Gasteiger partial charge in [0.1, 0.15) is 5.75 Å². The standard InChI is InChI=1S/C24H33N3O4/c28-22(12-16-31-21-6-2-1-3-7-21)27-13-4-5-19(17-27)23(29)25-20-10-14-26(15-11-20)24(30)18-8-9-18/h1-3,6-7,18-20H,4-5,8-17H2,(H,25,29). The first kappa shape index (κ1) is 21.7. The number of para-hydroxylation sites is 1. The Labute approximate surface area is 184 Å². The lowest BCUT2D eigenvalue weighted by Gasteiger charge is -2.35. The molecule has 2 heterocycles. The number of nitrogens with one attached hydrogen (secondary N) is 1. The third kappa shape index (κ3) is 5.99. The molecule has 3 amide bonds. The van der Waals surface area contributed by atoms with Crippen LogP contribution in [0.5, 0.6) is 5.75 Å². The molecule has 168 valence electrons. The van der Waals surface area contributed by atoms with Crippen LogP contribution in [0.1, 0.15) is 44.9 Å². The molecule has 1 saturated carbocycles. The number of carbonyl (C=O) groups is 3. The number of carbonyl (C=O) groups excluding carboxylic acids is 3. The fourth-order valence-electron chi connectivity index (χ4n) is 4.50. The van der Waals surface area contributed by atoms with Crippen LogP contribution in [0.4, 0.5) is 0 Å². The average Bonchev–Trinajstić information content (AvgIpc) is 3.65. The van der Waals surface area contributed by atoms with Gasteiger partial charge in [-0.15, -0.1) is 0 Å². The Hall–Kier alpha value is -2.57. The Bertz CT molecular complexity index is 772. The summed E-state index contributed by atoms with van der Waals surface area (Å²) in [4.78, 5) is 41.3. The number of amides is 3. The maximum atomic E-state index is 12.8. The van der Waals surface area contributed by atoms with Crippen LogP contribution in [0.2, 0.25) is 0 Å². The third-order valence-corrected chi connectivity index (χ3v) is 6.55. The molecule has 7 nitrogen and oxygen atoms in total. The normalized spacial score (nSPS) is 22.1. The molecule has 4 rings (SSSR count). The predicted octanol–water partition coefficient (Wildman–Crippen LogP) is 2.21. The van der Waals surface area contributed by atoms with Crippen LogP contribution in [0.3, 0.4) is 0 Å². The monoisotopic (exact) mass is 427 g/mol. The van der Waals surface area contributed by atoms with Crippen molar-refractivity contribution < 1.29 is 19.1 Å². The van der Waals surface area contributed by atoms with Crippen molar-refractivity contribution in [2.45, 2.75) is 51.0 Å². The SMILES string of the molecule is O=C(NC1CCN(C(=O)C2CC2)CC1)C1CCCN(C(=O)CCOc2ccccc2)C1. The minimum atomic E-state index is -0.154. The van der Waals surface area contributed by atoms with Gasteiger partial charge in [0.25, 0.3) is 0 Å². The fraction of sp³-hybridized carbons (Fsp3) is 0.625. The second kappa shape index (κ2) is 10.2. The van der Waals surface area contributed by atoms with E-state index in [0.29, 0.717) is 32.0 Å². The largest absolute Gasteiger partial charge is 0.493 e. The van der Waals surface area contributed by atoms with E-state index >= 15 is 0 Å². The van der Waals surface area contributed by atoms with Gasteiger partial charge in [-0.3, -0.25) is 14.4 Å². The molecule has 1 aromatic rings. The number of benzene rings is 1. The molecule has 1 unspecified atom stereocenters. The van der Waals surface area contributed by atoms with Gasteiger partial charge >= 0.3 is 0 Å². The summed E-state index contributed by atoms with van der Waals surface area (Å²) < 4.78 is 5.63. The van der Waals surface area contributed by atoms with E-state index in [1.54, 1.807) is 4.90 Å². The third-order valence-electron chi connectivity index (χ3n) is 6.55. The topological polar surface area (TPSA) is 79.0 Å². The van der Waals surface area contributed by atoms with Crippen LogP contribution in [0.25, 0.3) is 0 Å². The Morgan fingerprint density at radius 3 is 2.35 bits per heavy atom. The Kier molecular flexibility index (Phi) is 7.10. The summed E-state index contributed by atoms with van der Waals surface area (Å²) in [5.74, 6) is 1.25. The zero-order chi connectivity index (χ0) is 21.6. The molecule has 3 aliphatic rings. The van der Waals surface area contributed by atoms with Crippen molar-refractivity contribution in [3.05, 3.63) is 30.3 Å². The maximum Gasteiger partial charge on any atom is 0.226 e. The molecule has 0 bridgehead atoms. The van der Waals surface area contributed by atoms with E-state index < -0.39 is 0 Å². The van der Waals surface area contributed by atoms with Crippen molar-refractivity contribution in [3.63, 3.8) is 0 Å². The number of rotatable bonds is 7. The van der Waals surface area contributed by atoms with E-state index in [9.17, 15) is 14.4 Å². The van der Waals surface area contributed by atoms with Crippen LogP contribution in [-0.2, 0) is 14.4 Å². The molecular formula is C24H33N3O4. The zero-order valence-electron chi connectivity index (χ0n) is 18.1. The number of hydrogen-bond acceptors (Lipinski definition) is 4. The summed E-state index contributed by atoms with van der Waals surface area (Å²) in [7, 11) is 0. The predicted molar refractivity (Wildman–Crippen MR) is 116 cm³/mol. The molecule has 1 aromatic carbocycles. The summed E-state index contributed by atoms with van der Waals surface area (Å²) in [6.07, 6.45) is 5.67. The Balaban J connectivity index is 1.17. The molecule has 0 aromatic heterocycles. The zero-order valence-corrected chi connectivity index (χ0v) is 18.1. The molecule has 0 radical (unpaired) electrons. The number of likely N-dealkylation sites (tertiary alicyclic amines) is 2. The number of piperidine rings is 2. The number of ether oxygens (including phenoxy) is 1. The second-order valence-electron chi connectivity index (χ2n) is 8.97. The first-order chi connectivity index (χ1) is 15.1. The van der Waals surface area contributed by atoms with E-state index in [1.165, 1.54) is 0 Å². The van der Waals surface area contributed by atoms with Crippen molar-refractivity contribution in [1.82, 2.24) is 15.1 Å². The summed E-state index contributed by atoms with van der Waals surface area (Å²) in [5.41, 5.74) is 0.